The fourth-order valence-corrected chi connectivity index (χ4v) is 2.43. The lowest BCUT2D eigenvalue weighted by molar-refractivity contribution is -0.139. The van der Waals surface area contributed by atoms with E-state index in [-0.39, 0.29) is 12.3 Å². The summed E-state index contributed by atoms with van der Waals surface area (Å²) in [5.74, 6) is 5.16. The molecular formula is C13H18ClN3O2S. The Hall–Kier alpha value is -1.37. The number of hydrogen-bond donors (Lipinski definition) is 3. The number of halogens is 1. The quantitative estimate of drug-likeness (QED) is 0.244. The summed E-state index contributed by atoms with van der Waals surface area (Å²) in [5.41, 5.74) is 9.57. The van der Waals surface area contributed by atoms with Crippen molar-refractivity contribution in [3.8, 4) is 0 Å². The first kappa shape index (κ1) is 16.7. The number of nitrogens with one attached hydrogen (secondary N) is 1. The van der Waals surface area contributed by atoms with Crippen LogP contribution in [0, 0.1) is 6.92 Å². The van der Waals surface area contributed by atoms with Gasteiger partial charge in [0.05, 0.1) is 12.3 Å². The maximum atomic E-state index is 11.6. The van der Waals surface area contributed by atoms with Crippen molar-refractivity contribution in [2.45, 2.75) is 18.7 Å². The molecular weight excluding hydrogens is 298 g/mol. The molecule has 5 N–H and O–H groups in total. The van der Waals surface area contributed by atoms with Crippen LogP contribution in [0.5, 0.6) is 0 Å². The summed E-state index contributed by atoms with van der Waals surface area (Å²) in [6, 6.07) is 5.68. The van der Waals surface area contributed by atoms with E-state index in [9.17, 15) is 4.79 Å². The Morgan fingerprint density at radius 2 is 2.20 bits per heavy atom. The van der Waals surface area contributed by atoms with Crippen molar-refractivity contribution in [2.75, 3.05) is 12.4 Å². The number of carbonyl (C=O) groups is 1. The van der Waals surface area contributed by atoms with Crippen LogP contribution in [0.3, 0.4) is 0 Å². The van der Waals surface area contributed by atoms with E-state index in [0.29, 0.717) is 16.5 Å². The summed E-state index contributed by atoms with van der Waals surface area (Å²) in [4.78, 5) is 12.6. The Bertz CT molecular complexity index is 520. The van der Waals surface area contributed by atoms with E-state index in [1.807, 2.05) is 25.1 Å². The minimum absolute atomic E-state index is 0.0880. The maximum Gasteiger partial charge on any atom is 0.357 e. The van der Waals surface area contributed by atoms with E-state index in [1.54, 1.807) is 6.92 Å². The number of rotatable bonds is 6. The van der Waals surface area contributed by atoms with Gasteiger partial charge in [0.1, 0.15) is 0 Å². The molecule has 0 unspecified atom stereocenters. The first-order valence-corrected chi connectivity index (χ1v) is 7.37. The Labute approximate surface area is 127 Å². The Morgan fingerprint density at radius 3 is 2.75 bits per heavy atom. The minimum atomic E-state index is -0.555. The zero-order valence-corrected chi connectivity index (χ0v) is 13.0. The molecule has 0 heterocycles. The van der Waals surface area contributed by atoms with Crippen molar-refractivity contribution in [3.05, 3.63) is 40.2 Å². The number of hydrazine groups is 1. The topological polar surface area (TPSA) is 90.4 Å². The fraction of sp³-hybridized carbons (Fsp3) is 0.308. The summed E-state index contributed by atoms with van der Waals surface area (Å²) in [5, 5.41) is 0.716. The number of esters is 1. The van der Waals surface area contributed by atoms with Crippen LogP contribution in [0.4, 0.5) is 0 Å². The summed E-state index contributed by atoms with van der Waals surface area (Å²) in [7, 11) is 0. The standard InChI is InChI=1S/C13H18ClN3O2S/c1-3-19-13(18)12(17-16)11(15)7-20-9-4-5-10(14)8(2)6-9/h4-6,17H,3,7,15-16H2,1-2H3/b12-11-. The molecule has 0 fully saturated rings. The van der Waals surface area contributed by atoms with Gasteiger partial charge in [0.2, 0.25) is 0 Å². The van der Waals surface area contributed by atoms with Gasteiger partial charge in [-0.2, -0.15) is 0 Å². The maximum absolute atomic E-state index is 11.6. The van der Waals surface area contributed by atoms with Crippen molar-refractivity contribution >= 4 is 29.3 Å². The van der Waals surface area contributed by atoms with Crippen LogP contribution in [-0.4, -0.2) is 18.3 Å². The molecule has 0 saturated heterocycles. The Kier molecular flexibility index (Phi) is 6.70. The van der Waals surface area contributed by atoms with Crippen LogP contribution in [0.1, 0.15) is 12.5 Å². The lowest BCUT2D eigenvalue weighted by atomic mass is 10.2. The molecule has 0 spiro atoms. The van der Waals surface area contributed by atoms with Gasteiger partial charge in [-0.25, -0.2) is 4.79 Å². The van der Waals surface area contributed by atoms with Crippen LogP contribution in [0.2, 0.25) is 5.02 Å². The van der Waals surface area contributed by atoms with E-state index >= 15 is 0 Å². The van der Waals surface area contributed by atoms with Gasteiger partial charge in [-0.05, 0) is 37.6 Å². The third-order valence-corrected chi connectivity index (χ3v) is 3.94. The number of benzene rings is 1. The second kappa shape index (κ2) is 8.04. The molecule has 1 aromatic carbocycles. The molecule has 20 heavy (non-hydrogen) atoms. The van der Waals surface area contributed by atoms with Gasteiger partial charge in [0.15, 0.2) is 5.70 Å². The first-order chi connectivity index (χ1) is 9.49. The number of aryl methyl sites for hydroxylation is 1. The van der Waals surface area contributed by atoms with Crippen molar-refractivity contribution in [1.29, 1.82) is 0 Å². The van der Waals surface area contributed by atoms with Crippen LogP contribution < -0.4 is 17.0 Å². The van der Waals surface area contributed by atoms with E-state index in [2.05, 4.69) is 5.43 Å². The monoisotopic (exact) mass is 315 g/mol. The number of nitrogens with two attached hydrogens (primary N) is 2. The van der Waals surface area contributed by atoms with Gasteiger partial charge in [-0.3, -0.25) is 5.84 Å². The molecule has 0 saturated carbocycles. The molecule has 5 nitrogen and oxygen atoms in total. The number of thioether (sulfide) groups is 1. The number of carbonyl (C=O) groups excluding carboxylic acids is 1. The van der Waals surface area contributed by atoms with E-state index < -0.39 is 5.97 Å². The summed E-state index contributed by atoms with van der Waals surface area (Å²) < 4.78 is 4.86. The second-order valence-electron chi connectivity index (χ2n) is 3.96. The molecule has 7 heteroatoms. The van der Waals surface area contributed by atoms with Gasteiger partial charge in [-0.1, -0.05) is 11.6 Å². The highest BCUT2D eigenvalue weighted by Crippen LogP contribution is 2.25. The third-order valence-electron chi connectivity index (χ3n) is 2.47. The van der Waals surface area contributed by atoms with E-state index in [1.165, 1.54) is 11.8 Å². The van der Waals surface area contributed by atoms with Crippen LogP contribution in [0.15, 0.2) is 34.5 Å². The van der Waals surface area contributed by atoms with Crippen molar-refractivity contribution in [2.24, 2.45) is 11.6 Å². The molecule has 0 radical (unpaired) electrons. The highest BCUT2D eigenvalue weighted by molar-refractivity contribution is 7.99. The SMILES string of the molecule is CCOC(=O)/C(NN)=C(/N)CSc1ccc(Cl)c(C)c1. The zero-order chi connectivity index (χ0) is 15.1. The number of hydrogen-bond acceptors (Lipinski definition) is 6. The summed E-state index contributed by atoms with van der Waals surface area (Å²) in [6.07, 6.45) is 0. The van der Waals surface area contributed by atoms with Crippen molar-refractivity contribution in [1.82, 2.24) is 5.43 Å². The Morgan fingerprint density at radius 1 is 1.50 bits per heavy atom. The molecule has 110 valence electrons. The fourth-order valence-electron chi connectivity index (χ4n) is 1.43. The Balaban J connectivity index is 2.75. The van der Waals surface area contributed by atoms with Crippen LogP contribution in [0.25, 0.3) is 0 Å². The van der Waals surface area contributed by atoms with Gasteiger partial charge < -0.3 is 15.9 Å². The summed E-state index contributed by atoms with van der Waals surface area (Å²) in [6.45, 7) is 3.91. The van der Waals surface area contributed by atoms with Gasteiger partial charge in [0.25, 0.3) is 0 Å². The molecule has 1 rings (SSSR count). The van der Waals surface area contributed by atoms with Gasteiger partial charge >= 0.3 is 5.97 Å². The molecule has 0 aliphatic rings. The van der Waals surface area contributed by atoms with Gasteiger partial charge in [0, 0.05) is 15.7 Å². The molecule has 0 aliphatic carbocycles. The number of ether oxygens (including phenoxy) is 1. The summed E-state index contributed by atoms with van der Waals surface area (Å²) >= 11 is 7.45. The predicted octanol–water partition coefficient (Wildman–Crippen LogP) is 1.94. The highest BCUT2D eigenvalue weighted by atomic mass is 35.5. The third kappa shape index (κ3) is 4.63. The van der Waals surface area contributed by atoms with E-state index in [0.717, 1.165) is 10.5 Å². The average Bonchev–Trinajstić information content (AvgIpc) is 2.41. The van der Waals surface area contributed by atoms with Gasteiger partial charge in [-0.15, -0.1) is 11.8 Å². The van der Waals surface area contributed by atoms with E-state index in [4.69, 9.17) is 27.9 Å². The molecule has 0 atom stereocenters. The molecule has 0 amide bonds. The molecule has 1 aromatic rings. The molecule has 0 aliphatic heterocycles. The largest absolute Gasteiger partial charge is 0.461 e. The van der Waals surface area contributed by atoms with Crippen LogP contribution >= 0.6 is 23.4 Å². The first-order valence-electron chi connectivity index (χ1n) is 6.00. The molecule has 0 bridgehead atoms. The minimum Gasteiger partial charge on any atom is -0.461 e. The van der Waals surface area contributed by atoms with Crippen molar-refractivity contribution in [3.63, 3.8) is 0 Å². The predicted molar refractivity (Wildman–Crippen MR) is 82.1 cm³/mol. The average molecular weight is 316 g/mol. The zero-order valence-electron chi connectivity index (χ0n) is 11.4. The van der Waals surface area contributed by atoms with Crippen LogP contribution in [-0.2, 0) is 9.53 Å². The highest BCUT2D eigenvalue weighted by Gasteiger charge is 2.13. The lowest BCUT2D eigenvalue weighted by Crippen LogP contribution is -2.32. The smallest absolute Gasteiger partial charge is 0.357 e. The normalized spacial score (nSPS) is 11.8. The van der Waals surface area contributed by atoms with Crippen molar-refractivity contribution < 1.29 is 9.53 Å². The molecule has 0 aromatic heterocycles. The second-order valence-corrected chi connectivity index (χ2v) is 5.42. The lowest BCUT2D eigenvalue weighted by Gasteiger charge is -2.10.